The van der Waals surface area contributed by atoms with E-state index in [1.54, 1.807) is 30.6 Å². The van der Waals surface area contributed by atoms with Crippen LogP contribution >= 0.6 is 11.3 Å². The number of aliphatic hydroxyl groups is 1. The molecular weight excluding hydrogens is 452 g/mol. The number of aliphatic hydroxyl groups excluding tert-OH is 1. The van der Waals surface area contributed by atoms with Gasteiger partial charge in [0.15, 0.2) is 0 Å². The maximum absolute atomic E-state index is 13.4. The Kier molecular flexibility index (Phi) is 10.2. The molecule has 0 saturated carbocycles. The fourth-order valence-corrected chi connectivity index (χ4v) is 4.98. The average molecular weight is 487 g/mol. The topological polar surface area (TPSA) is 71.5 Å². The summed E-state index contributed by atoms with van der Waals surface area (Å²) in [5.41, 5.74) is 1.14. The number of carbonyl (C=O) groups is 1. The van der Waals surface area contributed by atoms with Gasteiger partial charge in [-0.15, -0.1) is 24.5 Å². The van der Waals surface area contributed by atoms with Gasteiger partial charge in [-0.25, -0.2) is 0 Å². The monoisotopic (exact) mass is 486 g/mol. The van der Waals surface area contributed by atoms with Crippen molar-refractivity contribution in [3.05, 3.63) is 71.5 Å². The van der Waals surface area contributed by atoms with Crippen LogP contribution in [-0.4, -0.2) is 80.0 Å². The molecule has 0 saturated heterocycles. The number of thiophene rings is 1. The van der Waals surface area contributed by atoms with Gasteiger partial charge in [0.1, 0.15) is 18.1 Å². The summed E-state index contributed by atoms with van der Waals surface area (Å²) in [6.07, 6.45) is 3.50. The largest absolute Gasteiger partial charge is 0.497 e. The highest BCUT2D eigenvalue weighted by molar-refractivity contribution is 7.10. The summed E-state index contributed by atoms with van der Waals surface area (Å²) in [7, 11) is 1.62. The lowest BCUT2D eigenvalue weighted by Gasteiger charge is -2.37. The maximum Gasteiger partial charge on any atom is 0.237 e. The van der Waals surface area contributed by atoms with E-state index < -0.39 is 6.10 Å². The number of methoxy groups -OCH3 is 1. The van der Waals surface area contributed by atoms with Crippen molar-refractivity contribution in [1.29, 1.82) is 0 Å². The third-order valence-corrected chi connectivity index (χ3v) is 6.62. The van der Waals surface area contributed by atoms with Gasteiger partial charge < -0.3 is 24.2 Å². The van der Waals surface area contributed by atoms with Gasteiger partial charge in [0.05, 0.1) is 39.0 Å². The van der Waals surface area contributed by atoms with Crippen LogP contribution in [0, 0.1) is 0 Å². The number of rotatable bonds is 14. The second-order valence-electron chi connectivity index (χ2n) is 8.10. The zero-order chi connectivity index (χ0) is 24.3. The molecule has 1 aliphatic heterocycles. The molecule has 2 heterocycles. The van der Waals surface area contributed by atoms with Crippen LogP contribution in [0.5, 0.6) is 11.5 Å². The summed E-state index contributed by atoms with van der Waals surface area (Å²) in [4.78, 5) is 18.5. The molecule has 34 heavy (non-hydrogen) atoms. The maximum atomic E-state index is 13.4. The highest BCUT2D eigenvalue weighted by Gasteiger charge is 2.33. The van der Waals surface area contributed by atoms with E-state index in [-0.39, 0.29) is 25.1 Å². The van der Waals surface area contributed by atoms with Gasteiger partial charge in [-0.05, 0) is 35.6 Å². The van der Waals surface area contributed by atoms with Crippen molar-refractivity contribution in [1.82, 2.24) is 9.80 Å². The standard InChI is InChI=1S/C26H34N2O5S/c1-4-11-27(16-20(29)18-32-13-5-2)17-26(30)28-12-9-25-23(10-14-34-25)24(28)19-33-22-8-6-7-21(15-22)31-3/h4-8,10,14-15,20,24,29H,1-2,9,11-13,16-19H2,3H3. The van der Waals surface area contributed by atoms with Crippen LogP contribution in [0.15, 0.2) is 61.0 Å². The van der Waals surface area contributed by atoms with Crippen molar-refractivity contribution in [2.75, 3.05) is 53.1 Å². The first kappa shape index (κ1) is 26.0. The molecule has 8 heteroatoms. The summed E-state index contributed by atoms with van der Waals surface area (Å²) in [6, 6.07) is 9.37. The van der Waals surface area contributed by atoms with Crippen molar-refractivity contribution >= 4 is 17.2 Å². The zero-order valence-corrected chi connectivity index (χ0v) is 20.5. The van der Waals surface area contributed by atoms with Gasteiger partial charge >= 0.3 is 0 Å². The second-order valence-corrected chi connectivity index (χ2v) is 9.11. The minimum atomic E-state index is -0.704. The van der Waals surface area contributed by atoms with E-state index >= 15 is 0 Å². The summed E-state index contributed by atoms with van der Waals surface area (Å²) in [6.45, 7) is 9.94. The minimum absolute atomic E-state index is 0.00264. The predicted molar refractivity (Wildman–Crippen MR) is 135 cm³/mol. The molecule has 7 nitrogen and oxygen atoms in total. The SMILES string of the molecule is C=CCOCC(O)CN(CC=C)CC(=O)N1CCc2sccc2C1COc1cccc(OC)c1. The van der Waals surface area contributed by atoms with Gasteiger partial charge in [0, 0.05) is 30.6 Å². The Bertz CT molecular complexity index is 947. The fraction of sp³-hybridized carbons (Fsp3) is 0.423. The Labute approximate surface area is 205 Å². The molecule has 0 aliphatic carbocycles. The zero-order valence-electron chi connectivity index (χ0n) is 19.7. The summed E-state index contributed by atoms with van der Waals surface area (Å²) < 4.78 is 16.7. The third-order valence-electron chi connectivity index (χ3n) is 5.63. The molecule has 1 aromatic carbocycles. The predicted octanol–water partition coefficient (Wildman–Crippen LogP) is 3.31. The molecule has 0 fully saturated rings. The number of hydrogen-bond acceptors (Lipinski definition) is 7. The Morgan fingerprint density at radius 2 is 2.15 bits per heavy atom. The smallest absolute Gasteiger partial charge is 0.237 e. The Morgan fingerprint density at radius 1 is 1.32 bits per heavy atom. The van der Waals surface area contributed by atoms with Gasteiger partial charge in [0.25, 0.3) is 0 Å². The molecule has 1 N–H and O–H groups in total. The van der Waals surface area contributed by atoms with Crippen molar-refractivity contribution in [3.63, 3.8) is 0 Å². The molecule has 184 valence electrons. The quantitative estimate of drug-likeness (QED) is 0.326. The fourth-order valence-electron chi connectivity index (χ4n) is 4.05. The first-order valence-electron chi connectivity index (χ1n) is 11.4. The van der Waals surface area contributed by atoms with E-state index in [1.807, 2.05) is 34.1 Å². The van der Waals surface area contributed by atoms with Crippen molar-refractivity contribution in [2.24, 2.45) is 0 Å². The Morgan fingerprint density at radius 3 is 2.91 bits per heavy atom. The van der Waals surface area contributed by atoms with Crippen LogP contribution < -0.4 is 9.47 Å². The van der Waals surface area contributed by atoms with E-state index in [4.69, 9.17) is 14.2 Å². The van der Waals surface area contributed by atoms with E-state index in [9.17, 15) is 9.90 Å². The number of nitrogens with zero attached hydrogens (tertiary/aromatic N) is 2. The Balaban J connectivity index is 1.68. The van der Waals surface area contributed by atoms with Crippen LogP contribution in [-0.2, 0) is 16.0 Å². The summed E-state index contributed by atoms with van der Waals surface area (Å²) in [5, 5.41) is 12.4. The normalized spacial score (nSPS) is 16.1. The molecule has 2 unspecified atom stereocenters. The summed E-state index contributed by atoms with van der Waals surface area (Å²) in [5.74, 6) is 1.42. The summed E-state index contributed by atoms with van der Waals surface area (Å²) >= 11 is 1.72. The van der Waals surface area contributed by atoms with Crippen LogP contribution in [0.25, 0.3) is 0 Å². The van der Waals surface area contributed by atoms with E-state index in [1.165, 1.54) is 4.88 Å². The van der Waals surface area contributed by atoms with Crippen LogP contribution in [0.2, 0.25) is 0 Å². The van der Waals surface area contributed by atoms with Gasteiger partial charge in [-0.3, -0.25) is 9.69 Å². The number of fused-ring (bicyclic) bond motifs is 1. The number of amides is 1. The lowest BCUT2D eigenvalue weighted by Crippen LogP contribution is -2.48. The molecule has 0 spiro atoms. The highest BCUT2D eigenvalue weighted by atomic mass is 32.1. The molecule has 1 aliphatic rings. The average Bonchev–Trinajstić information content (AvgIpc) is 3.32. The number of benzene rings is 1. The molecular formula is C26H34N2O5S. The van der Waals surface area contributed by atoms with Crippen LogP contribution in [0.3, 0.4) is 0 Å². The molecule has 0 bridgehead atoms. The van der Waals surface area contributed by atoms with Crippen LogP contribution in [0.1, 0.15) is 16.5 Å². The first-order chi connectivity index (χ1) is 16.5. The van der Waals surface area contributed by atoms with Crippen LogP contribution in [0.4, 0.5) is 0 Å². The number of ether oxygens (including phenoxy) is 3. The third kappa shape index (κ3) is 7.17. The molecule has 1 aromatic heterocycles. The molecule has 3 rings (SSSR count). The minimum Gasteiger partial charge on any atom is -0.497 e. The molecule has 2 atom stereocenters. The lowest BCUT2D eigenvalue weighted by atomic mass is 10.0. The molecule has 1 amide bonds. The van der Waals surface area contributed by atoms with E-state index in [0.717, 1.165) is 17.7 Å². The number of carbonyl (C=O) groups excluding carboxylic acids is 1. The lowest BCUT2D eigenvalue weighted by molar-refractivity contribution is -0.136. The van der Waals surface area contributed by atoms with E-state index in [2.05, 4.69) is 24.6 Å². The van der Waals surface area contributed by atoms with Gasteiger partial charge in [-0.2, -0.15) is 0 Å². The highest BCUT2D eigenvalue weighted by Crippen LogP contribution is 2.34. The first-order valence-corrected chi connectivity index (χ1v) is 12.3. The van der Waals surface area contributed by atoms with Crippen molar-refractivity contribution in [2.45, 2.75) is 18.6 Å². The van der Waals surface area contributed by atoms with Crippen molar-refractivity contribution < 1.29 is 24.1 Å². The molecule has 0 radical (unpaired) electrons. The van der Waals surface area contributed by atoms with Gasteiger partial charge in [-0.1, -0.05) is 18.2 Å². The second kappa shape index (κ2) is 13.3. The Hall–Kier alpha value is -2.65. The van der Waals surface area contributed by atoms with E-state index in [0.29, 0.717) is 38.6 Å². The number of hydrogen-bond donors (Lipinski definition) is 1. The van der Waals surface area contributed by atoms with Gasteiger partial charge in [0.2, 0.25) is 5.91 Å². The molecule has 2 aromatic rings. The van der Waals surface area contributed by atoms with Crippen molar-refractivity contribution in [3.8, 4) is 11.5 Å².